The minimum absolute atomic E-state index is 0.0374. The summed E-state index contributed by atoms with van der Waals surface area (Å²) < 4.78 is 27.9. The fourth-order valence-corrected chi connectivity index (χ4v) is 4.16. The zero-order valence-electron chi connectivity index (χ0n) is 19.2. The largest absolute Gasteiger partial charge is 0.397 e. The number of hydrogen-bond acceptors (Lipinski definition) is 8. The number of thiazole rings is 1. The second kappa shape index (κ2) is 12.8. The molecule has 1 amide bonds. The van der Waals surface area contributed by atoms with Crippen molar-refractivity contribution in [1.29, 1.82) is 0 Å². The molecule has 35 heavy (non-hydrogen) atoms. The molecule has 0 aromatic carbocycles. The Morgan fingerprint density at radius 3 is 2.74 bits per heavy atom. The van der Waals surface area contributed by atoms with Crippen LogP contribution < -0.4 is 11.1 Å². The minimum Gasteiger partial charge on any atom is -0.397 e. The summed E-state index contributed by atoms with van der Waals surface area (Å²) in [6, 6.07) is 1.91. The molecule has 0 aliphatic heterocycles. The molecule has 4 rings (SSSR count). The maximum atomic E-state index is 14.3. The summed E-state index contributed by atoms with van der Waals surface area (Å²) in [5, 5.41) is 19.0. The van der Waals surface area contributed by atoms with Gasteiger partial charge in [0.25, 0.3) is 5.91 Å². The van der Waals surface area contributed by atoms with E-state index < -0.39 is 23.4 Å². The maximum Gasteiger partial charge on any atom is 0.275 e. The molecule has 3 aromatic rings. The van der Waals surface area contributed by atoms with Crippen molar-refractivity contribution in [3.8, 4) is 10.6 Å². The number of aromatic amines is 1. The summed E-state index contributed by atoms with van der Waals surface area (Å²) in [6.07, 6.45) is 9.80. The van der Waals surface area contributed by atoms with Gasteiger partial charge in [-0.15, -0.1) is 11.3 Å². The van der Waals surface area contributed by atoms with E-state index in [-0.39, 0.29) is 29.7 Å². The first-order valence-electron chi connectivity index (χ1n) is 11.1. The molecule has 186 valence electrons. The first-order valence-corrected chi connectivity index (χ1v) is 12.0. The predicted octanol–water partition coefficient (Wildman–Crippen LogP) is 3.67. The molecule has 9 nitrogen and oxygen atoms in total. The van der Waals surface area contributed by atoms with Crippen LogP contribution in [0.4, 0.5) is 8.78 Å². The number of carbonyl (C=O) groups excluding carboxylic acids is 1. The van der Waals surface area contributed by atoms with E-state index in [4.69, 9.17) is 10.8 Å². The van der Waals surface area contributed by atoms with Crippen LogP contribution in [0.2, 0.25) is 0 Å². The summed E-state index contributed by atoms with van der Waals surface area (Å²) in [5.74, 6) is -2.25. The summed E-state index contributed by atoms with van der Waals surface area (Å²) >= 11 is 1.27. The lowest BCUT2D eigenvalue weighted by atomic mass is 9.96. The van der Waals surface area contributed by atoms with E-state index in [2.05, 4.69) is 30.5 Å². The number of halogens is 2. The average Bonchev–Trinajstić information content (AvgIpc) is 3.56. The SMILES string of the molecule is CCO.N/C(=C(\C=NC1CCCCC1)NC(=O)c1csc(-c2cn[nH]c2)n1)c1nc(F)ccc1F. The lowest BCUT2D eigenvalue weighted by Gasteiger charge is -2.18. The van der Waals surface area contributed by atoms with Gasteiger partial charge in [-0.3, -0.25) is 14.9 Å². The number of aromatic nitrogens is 4. The van der Waals surface area contributed by atoms with Crippen molar-refractivity contribution >= 4 is 29.2 Å². The van der Waals surface area contributed by atoms with Crippen LogP contribution in [0.1, 0.15) is 55.2 Å². The van der Waals surface area contributed by atoms with E-state index in [1.807, 2.05) is 0 Å². The monoisotopic (exact) mass is 503 g/mol. The smallest absolute Gasteiger partial charge is 0.275 e. The van der Waals surface area contributed by atoms with Gasteiger partial charge in [-0.1, -0.05) is 19.3 Å². The average molecular weight is 504 g/mol. The van der Waals surface area contributed by atoms with Gasteiger partial charge in [0.1, 0.15) is 16.4 Å². The van der Waals surface area contributed by atoms with Gasteiger partial charge >= 0.3 is 0 Å². The standard InChI is InChI=1S/C21H21F2N7OS.C2H6O/c22-14-6-7-17(23)30-19(14)18(24)15(10-25-13-4-2-1-3-5-13)28-20(31)16-11-32-21(29-16)12-8-26-27-9-12;1-2-3/h6-11,13H,1-5,24H2,(H,26,27)(H,28,31);3H,2H2,1H3/b18-15+,25-10?;. The number of aliphatic imine (C=N–C) groups is 1. The molecule has 1 aliphatic carbocycles. The van der Waals surface area contributed by atoms with Crippen molar-refractivity contribution in [3.63, 3.8) is 0 Å². The van der Waals surface area contributed by atoms with Crippen LogP contribution >= 0.6 is 11.3 Å². The number of aliphatic hydroxyl groups excluding tert-OH is 1. The van der Waals surface area contributed by atoms with Crippen molar-refractivity contribution in [1.82, 2.24) is 25.5 Å². The minimum atomic E-state index is -0.886. The number of allylic oxidation sites excluding steroid dienone is 1. The molecule has 0 atom stereocenters. The van der Waals surface area contributed by atoms with Crippen LogP contribution in [-0.2, 0) is 0 Å². The molecule has 0 saturated heterocycles. The summed E-state index contributed by atoms with van der Waals surface area (Å²) in [5.41, 5.74) is 6.42. The Bertz CT molecular complexity index is 1170. The lowest BCUT2D eigenvalue weighted by molar-refractivity contribution is 0.0964. The Morgan fingerprint density at radius 1 is 1.31 bits per heavy atom. The highest BCUT2D eigenvalue weighted by Crippen LogP contribution is 2.23. The molecule has 1 fully saturated rings. The van der Waals surface area contributed by atoms with E-state index in [0.29, 0.717) is 5.01 Å². The van der Waals surface area contributed by atoms with Crippen molar-refractivity contribution < 1.29 is 18.7 Å². The maximum absolute atomic E-state index is 14.3. The Labute approximate surface area is 205 Å². The summed E-state index contributed by atoms with van der Waals surface area (Å²) in [6.45, 7) is 1.93. The predicted molar refractivity (Wildman–Crippen MR) is 131 cm³/mol. The molecular weight excluding hydrogens is 476 g/mol. The first kappa shape index (κ1) is 26.1. The third kappa shape index (κ3) is 7.23. The number of aliphatic hydroxyl groups is 1. The number of carbonyl (C=O) groups is 1. The first-order chi connectivity index (χ1) is 16.9. The van der Waals surface area contributed by atoms with Crippen LogP contribution in [0, 0.1) is 11.8 Å². The van der Waals surface area contributed by atoms with Crippen LogP contribution in [0.3, 0.4) is 0 Å². The molecule has 3 aromatic heterocycles. The lowest BCUT2D eigenvalue weighted by Crippen LogP contribution is -2.27. The van der Waals surface area contributed by atoms with Gasteiger partial charge in [0.05, 0.1) is 23.6 Å². The molecule has 1 saturated carbocycles. The molecule has 0 spiro atoms. The Hall–Kier alpha value is -3.51. The third-order valence-corrected chi connectivity index (χ3v) is 5.97. The number of hydrogen-bond donors (Lipinski definition) is 4. The van der Waals surface area contributed by atoms with Gasteiger partial charge in [-0.2, -0.15) is 9.49 Å². The number of amides is 1. The Kier molecular flexibility index (Phi) is 9.56. The van der Waals surface area contributed by atoms with Gasteiger partial charge in [0, 0.05) is 30.0 Å². The fourth-order valence-electron chi connectivity index (χ4n) is 3.38. The van der Waals surface area contributed by atoms with Crippen LogP contribution in [0.15, 0.2) is 40.6 Å². The molecule has 0 bridgehead atoms. The van der Waals surface area contributed by atoms with Crippen molar-refractivity contribution in [2.45, 2.75) is 45.1 Å². The third-order valence-electron chi connectivity index (χ3n) is 5.08. The molecule has 1 aliphatic rings. The summed E-state index contributed by atoms with van der Waals surface area (Å²) in [4.78, 5) is 25.2. The molecule has 3 heterocycles. The van der Waals surface area contributed by atoms with E-state index in [0.717, 1.165) is 49.8 Å². The van der Waals surface area contributed by atoms with Gasteiger partial charge in [0.15, 0.2) is 5.82 Å². The normalized spacial score (nSPS) is 14.9. The molecular formula is C23H27F2N7O2S. The van der Waals surface area contributed by atoms with Gasteiger partial charge < -0.3 is 16.2 Å². The van der Waals surface area contributed by atoms with Crippen molar-refractivity contribution in [3.05, 3.63) is 58.8 Å². The molecule has 12 heteroatoms. The van der Waals surface area contributed by atoms with Gasteiger partial charge in [-0.05, 0) is 31.9 Å². The molecule has 0 radical (unpaired) electrons. The second-order valence-electron chi connectivity index (χ2n) is 7.66. The number of pyridine rings is 1. The fraction of sp³-hybridized carbons (Fsp3) is 0.348. The quantitative estimate of drug-likeness (QED) is 0.299. The van der Waals surface area contributed by atoms with Crippen molar-refractivity contribution in [2.24, 2.45) is 10.7 Å². The van der Waals surface area contributed by atoms with Gasteiger partial charge in [0.2, 0.25) is 5.95 Å². The topological polar surface area (TPSA) is 142 Å². The number of nitrogens with one attached hydrogen (secondary N) is 2. The van der Waals surface area contributed by atoms with E-state index in [9.17, 15) is 13.6 Å². The van der Waals surface area contributed by atoms with E-state index in [1.54, 1.807) is 24.7 Å². The molecule has 5 N–H and O–H groups in total. The highest BCUT2D eigenvalue weighted by Gasteiger charge is 2.19. The second-order valence-corrected chi connectivity index (χ2v) is 8.52. The highest BCUT2D eigenvalue weighted by atomic mass is 32.1. The molecule has 0 unspecified atom stereocenters. The number of rotatable bonds is 6. The number of nitrogens with two attached hydrogens (primary N) is 1. The Morgan fingerprint density at radius 2 is 2.06 bits per heavy atom. The summed E-state index contributed by atoms with van der Waals surface area (Å²) in [7, 11) is 0. The number of H-pyrrole nitrogens is 1. The zero-order valence-corrected chi connectivity index (χ0v) is 20.0. The Balaban J connectivity index is 0.00000108. The van der Waals surface area contributed by atoms with Crippen LogP contribution in [0.25, 0.3) is 16.3 Å². The van der Waals surface area contributed by atoms with E-state index in [1.165, 1.54) is 17.6 Å². The zero-order chi connectivity index (χ0) is 25.2. The van der Waals surface area contributed by atoms with Crippen LogP contribution in [-0.4, -0.2) is 50.0 Å². The van der Waals surface area contributed by atoms with Crippen molar-refractivity contribution in [2.75, 3.05) is 6.61 Å². The van der Waals surface area contributed by atoms with E-state index >= 15 is 0 Å². The van der Waals surface area contributed by atoms with Gasteiger partial charge in [-0.25, -0.2) is 14.4 Å². The number of nitrogens with zero attached hydrogens (tertiary/aromatic N) is 4. The highest BCUT2D eigenvalue weighted by molar-refractivity contribution is 7.13. The van der Waals surface area contributed by atoms with Crippen LogP contribution in [0.5, 0.6) is 0 Å².